The summed E-state index contributed by atoms with van der Waals surface area (Å²) in [5.74, 6) is 1.96. The lowest BCUT2D eigenvalue weighted by Crippen LogP contribution is -2.16. The van der Waals surface area contributed by atoms with Crippen LogP contribution >= 0.6 is 0 Å². The molecule has 4 heteroatoms. The maximum absolute atomic E-state index is 11.8. The fourth-order valence-electron chi connectivity index (χ4n) is 2.09. The number of rotatable bonds is 4. The molecule has 0 atom stereocenters. The molecule has 0 aliphatic rings. The molecule has 120 valence electrons. The summed E-state index contributed by atoms with van der Waals surface area (Å²) in [6.07, 6.45) is -0.534. The van der Waals surface area contributed by atoms with Crippen molar-refractivity contribution < 1.29 is 14.3 Å². The summed E-state index contributed by atoms with van der Waals surface area (Å²) >= 11 is 0. The van der Waals surface area contributed by atoms with E-state index in [0.717, 1.165) is 5.75 Å². The van der Waals surface area contributed by atoms with Crippen molar-refractivity contribution in [1.82, 2.24) is 0 Å². The molecule has 0 saturated carbocycles. The van der Waals surface area contributed by atoms with Crippen LogP contribution in [0.1, 0.15) is 5.56 Å². The molecule has 4 nitrogen and oxygen atoms in total. The van der Waals surface area contributed by atoms with Gasteiger partial charge in [0, 0.05) is 5.69 Å². The minimum Gasteiger partial charge on any atom is -0.457 e. The molecule has 0 heterocycles. The molecule has 3 aromatic rings. The Labute approximate surface area is 140 Å². The molecule has 0 bridgehead atoms. The average Bonchev–Trinajstić information content (AvgIpc) is 2.59. The number of carbonyl (C=O) groups is 1. The number of hydrogen-bond donors (Lipinski definition) is 1. The normalized spacial score (nSPS) is 10.0. The van der Waals surface area contributed by atoms with Gasteiger partial charge in [0.25, 0.3) is 0 Å². The Morgan fingerprint density at radius 3 is 1.96 bits per heavy atom. The molecule has 0 unspecified atom stereocenters. The molecule has 1 N–H and O–H groups in total. The topological polar surface area (TPSA) is 47.6 Å². The number of carbonyl (C=O) groups excluding carboxylic acids is 1. The van der Waals surface area contributed by atoms with Gasteiger partial charge in [0.2, 0.25) is 0 Å². The van der Waals surface area contributed by atoms with E-state index in [0.29, 0.717) is 17.2 Å². The van der Waals surface area contributed by atoms with Crippen molar-refractivity contribution in [2.24, 2.45) is 0 Å². The second-order valence-electron chi connectivity index (χ2n) is 5.27. The van der Waals surface area contributed by atoms with Crippen LogP contribution in [0.4, 0.5) is 10.5 Å². The molecule has 24 heavy (non-hydrogen) atoms. The van der Waals surface area contributed by atoms with Crippen LogP contribution in [0.15, 0.2) is 78.9 Å². The van der Waals surface area contributed by atoms with Gasteiger partial charge in [-0.05, 0) is 55.5 Å². The Kier molecular flexibility index (Phi) is 4.77. The molecule has 0 aliphatic heterocycles. The van der Waals surface area contributed by atoms with E-state index in [2.05, 4.69) is 5.32 Å². The average molecular weight is 319 g/mol. The predicted octanol–water partition coefficient (Wildman–Crippen LogP) is 5.40. The van der Waals surface area contributed by atoms with Crippen molar-refractivity contribution in [1.29, 1.82) is 0 Å². The second kappa shape index (κ2) is 7.33. The molecular formula is C20H17NO3. The number of nitrogens with one attached hydrogen (secondary N) is 1. The Balaban J connectivity index is 1.58. The summed E-state index contributed by atoms with van der Waals surface area (Å²) < 4.78 is 10.9. The zero-order valence-electron chi connectivity index (χ0n) is 13.2. The number of ether oxygens (including phenoxy) is 2. The number of benzene rings is 3. The number of anilines is 1. The van der Waals surface area contributed by atoms with E-state index in [1.54, 1.807) is 48.5 Å². The monoisotopic (exact) mass is 319 g/mol. The van der Waals surface area contributed by atoms with Crippen LogP contribution in [0.5, 0.6) is 17.2 Å². The molecular weight excluding hydrogens is 302 g/mol. The highest BCUT2D eigenvalue weighted by molar-refractivity contribution is 5.86. The summed E-state index contributed by atoms with van der Waals surface area (Å²) in [4.78, 5) is 11.8. The molecule has 0 saturated heterocycles. The highest BCUT2D eigenvalue weighted by atomic mass is 16.6. The van der Waals surface area contributed by atoms with Gasteiger partial charge in [-0.15, -0.1) is 0 Å². The fourth-order valence-corrected chi connectivity index (χ4v) is 2.09. The first-order valence-corrected chi connectivity index (χ1v) is 7.57. The molecule has 0 aliphatic carbocycles. The van der Waals surface area contributed by atoms with E-state index in [4.69, 9.17) is 9.47 Å². The summed E-state index contributed by atoms with van der Waals surface area (Å²) in [6.45, 7) is 2.03. The maximum atomic E-state index is 11.8. The lowest BCUT2D eigenvalue weighted by atomic mass is 10.2. The molecule has 3 rings (SSSR count). The molecule has 0 aromatic heterocycles. The van der Waals surface area contributed by atoms with Gasteiger partial charge in [-0.25, -0.2) is 4.79 Å². The quantitative estimate of drug-likeness (QED) is 0.700. The van der Waals surface area contributed by atoms with Crippen LogP contribution < -0.4 is 14.8 Å². The smallest absolute Gasteiger partial charge is 0.417 e. The van der Waals surface area contributed by atoms with Gasteiger partial charge >= 0.3 is 6.09 Å². The van der Waals surface area contributed by atoms with Gasteiger partial charge in [0.05, 0.1) is 0 Å². The third-order valence-corrected chi connectivity index (χ3v) is 3.31. The maximum Gasteiger partial charge on any atom is 0.417 e. The van der Waals surface area contributed by atoms with Crippen LogP contribution in [0, 0.1) is 6.92 Å². The summed E-state index contributed by atoms with van der Waals surface area (Å²) in [7, 11) is 0. The summed E-state index contributed by atoms with van der Waals surface area (Å²) in [5, 5.41) is 2.67. The number of hydrogen-bond acceptors (Lipinski definition) is 3. The fraction of sp³-hybridized carbons (Fsp3) is 0.0500. The Morgan fingerprint density at radius 2 is 1.33 bits per heavy atom. The molecule has 0 fully saturated rings. The SMILES string of the molecule is Cc1ccc(Oc2ccc(NC(=O)Oc3ccccc3)cc2)cc1. The van der Waals surface area contributed by atoms with E-state index >= 15 is 0 Å². The third kappa shape index (κ3) is 4.36. The summed E-state index contributed by atoms with van der Waals surface area (Å²) in [5.41, 5.74) is 1.81. The summed E-state index contributed by atoms with van der Waals surface area (Å²) in [6, 6.07) is 23.8. The van der Waals surface area contributed by atoms with Crippen molar-refractivity contribution in [3.05, 3.63) is 84.4 Å². The van der Waals surface area contributed by atoms with E-state index in [1.807, 2.05) is 37.3 Å². The first-order valence-electron chi connectivity index (χ1n) is 7.57. The zero-order chi connectivity index (χ0) is 16.8. The Morgan fingerprint density at radius 1 is 0.750 bits per heavy atom. The van der Waals surface area contributed by atoms with Crippen LogP contribution in [0.3, 0.4) is 0 Å². The molecule has 3 aromatic carbocycles. The number of amides is 1. The first-order chi connectivity index (χ1) is 11.7. The molecule has 1 amide bonds. The second-order valence-corrected chi connectivity index (χ2v) is 5.27. The van der Waals surface area contributed by atoms with Gasteiger partial charge in [-0.1, -0.05) is 35.9 Å². The van der Waals surface area contributed by atoms with E-state index in [-0.39, 0.29) is 0 Å². The van der Waals surface area contributed by atoms with E-state index < -0.39 is 6.09 Å². The van der Waals surface area contributed by atoms with Crippen molar-refractivity contribution in [2.75, 3.05) is 5.32 Å². The molecule has 0 spiro atoms. The third-order valence-electron chi connectivity index (χ3n) is 3.31. The minimum absolute atomic E-state index is 0.495. The highest BCUT2D eigenvalue weighted by Gasteiger charge is 2.05. The lowest BCUT2D eigenvalue weighted by Gasteiger charge is -2.09. The van der Waals surface area contributed by atoms with Crippen molar-refractivity contribution >= 4 is 11.8 Å². The zero-order valence-corrected chi connectivity index (χ0v) is 13.2. The van der Waals surface area contributed by atoms with Crippen LogP contribution in [-0.4, -0.2) is 6.09 Å². The predicted molar refractivity (Wildman–Crippen MR) is 93.8 cm³/mol. The number of aryl methyl sites for hydroxylation is 1. The molecule has 0 radical (unpaired) electrons. The van der Waals surface area contributed by atoms with E-state index in [1.165, 1.54) is 5.56 Å². The van der Waals surface area contributed by atoms with Crippen LogP contribution in [0.2, 0.25) is 0 Å². The number of para-hydroxylation sites is 1. The lowest BCUT2D eigenvalue weighted by molar-refractivity contribution is 0.215. The van der Waals surface area contributed by atoms with Gasteiger partial charge in [0.15, 0.2) is 0 Å². The van der Waals surface area contributed by atoms with Crippen molar-refractivity contribution in [3.8, 4) is 17.2 Å². The van der Waals surface area contributed by atoms with Gasteiger partial charge in [-0.2, -0.15) is 0 Å². The Hall–Kier alpha value is -3.27. The van der Waals surface area contributed by atoms with Crippen LogP contribution in [0.25, 0.3) is 0 Å². The van der Waals surface area contributed by atoms with Gasteiger partial charge in [0.1, 0.15) is 17.2 Å². The Bertz CT molecular complexity index is 797. The van der Waals surface area contributed by atoms with Crippen molar-refractivity contribution in [2.45, 2.75) is 6.92 Å². The largest absolute Gasteiger partial charge is 0.457 e. The standard InChI is InChI=1S/C20H17NO3/c1-15-7-11-18(12-8-15)23-19-13-9-16(10-14-19)21-20(22)24-17-5-3-2-4-6-17/h2-14H,1H3,(H,21,22). The van der Waals surface area contributed by atoms with E-state index in [9.17, 15) is 4.79 Å². The van der Waals surface area contributed by atoms with Crippen LogP contribution in [-0.2, 0) is 0 Å². The highest BCUT2D eigenvalue weighted by Crippen LogP contribution is 2.23. The minimum atomic E-state index is -0.534. The van der Waals surface area contributed by atoms with Crippen molar-refractivity contribution in [3.63, 3.8) is 0 Å². The van der Waals surface area contributed by atoms with Gasteiger partial charge in [-0.3, -0.25) is 5.32 Å². The van der Waals surface area contributed by atoms with Gasteiger partial charge < -0.3 is 9.47 Å². The first kappa shape index (κ1) is 15.6.